The number of aromatic nitrogens is 3. The number of anilines is 1. The molecule has 1 N–H and O–H groups in total. The summed E-state index contributed by atoms with van der Waals surface area (Å²) in [6.45, 7) is 2.63. The van der Waals surface area contributed by atoms with E-state index >= 15 is 4.39 Å². The maximum atomic E-state index is 16.3. The van der Waals surface area contributed by atoms with Gasteiger partial charge in [0.1, 0.15) is 16.8 Å². The van der Waals surface area contributed by atoms with Crippen LogP contribution in [0.25, 0.3) is 27.4 Å². The maximum absolute atomic E-state index is 16.3. The quantitative estimate of drug-likeness (QED) is 0.243. The van der Waals surface area contributed by atoms with Crippen LogP contribution in [0.1, 0.15) is 55.1 Å². The van der Waals surface area contributed by atoms with Crippen LogP contribution in [-0.2, 0) is 0 Å². The Labute approximate surface area is 266 Å². The van der Waals surface area contributed by atoms with Crippen molar-refractivity contribution in [1.82, 2.24) is 24.8 Å². The lowest BCUT2D eigenvalue weighted by Gasteiger charge is -2.29. The SMILES string of the molecule is C.CN1CCC[C@@H]1CCNC(=O)c1cn2c3c(c(N4CCC(c5cnccn5)C4)c(F)cc3c1=O)Oc1cc3ccccc3cc1-2. The molecule has 3 aromatic carbocycles. The maximum Gasteiger partial charge on any atom is 0.256 e. The van der Waals surface area contributed by atoms with Gasteiger partial charge in [-0.15, -0.1) is 0 Å². The standard InChI is InChI=1S/C35H33FN6O3.CH4/c1-40-13-4-7-24(40)8-10-39-35(44)26-20-42-29-15-21-5-2-3-6-22(21)16-30(29)45-34-31(42)25(33(26)43)17-27(36)32(34)41-14-9-23(19-41)28-18-37-11-12-38-28;/h2-3,5-6,11-12,15-18,20,23-24H,4,7-10,13-14,19H2,1H3,(H,39,44);1H4/t23?,24-;/m1./s1. The first-order valence-corrected chi connectivity index (χ1v) is 15.6. The fourth-order valence-electron chi connectivity index (χ4n) is 7.26. The molecule has 0 aliphatic carbocycles. The molecule has 2 atom stereocenters. The van der Waals surface area contributed by atoms with Crippen LogP contribution in [0.5, 0.6) is 11.5 Å². The van der Waals surface area contributed by atoms with E-state index in [-0.39, 0.29) is 30.0 Å². The first-order valence-electron chi connectivity index (χ1n) is 15.6. The second-order valence-corrected chi connectivity index (χ2v) is 12.3. The number of halogens is 1. The summed E-state index contributed by atoms with van der Waals surface area (Å²) >= 11 is 0. The molecule has 5 aromatic rings. The molecule has 0 spiro atoms. The van der Waals surface area contributed by atoms with Gasteiger partial charge in [0.2, 0.25) is 5.43 Å². The summed E-state index contributed by atoms with van der Waals surface area (Å²) in [5.74, 6) is -0.137. The Morgan fingerprint density at radius 3 is 2.70 bits per heavy atom. The predicted molar refractivity (Wildman–Crippen MR) is 178 cm³/mol. The van der Waals surface area contributed by atoms with Crippen molar-refractivity contribution in [1.29, 1.82) is 0 Å². The third kappa shape index (κ3) is 4.97. The van der Waals surface area contributed by atoms with Gasteiger partial charge in [0.15, 0.2) is 17.3 Å². The third-order valence-corrected chi connectivity index (χ3v) is 9.65. The molecule has 8 rings (SSSR count). The zero-order chi connectivity index (χ0) is 30.7. The number of nitrogens with one attached hydrogen (secondary N) is 1. The van der Waals surface area contributed by atoms with Gasteiger partial charge in [-0.2, -0.15) is 0 Å². The molecule has 236 valence electrons. The lowest BCUT2D eigenvalue weighted by atomic mass is 10.0. The molecule has 2 aromatic heterocycles. The fourth-order valence-corrected chi connectivity index (χ4v) is 7.26. The van der Waals surface area contributed by atoms with E-state index in [1.807, 2.05) is 45.9 Å². The first-order chi connectivity index (χ1) is 22.0. The van der Waals surface area contributed by atoms with Gasteiger partial charge in [-0.3, -0.25) is 19.6 Å². The van der Waals surface area contributed by atoms with Gasteiger partial charge in [-0.25, -0.2) is 4.39 Å². The molecular formula is C36H37FN6O3. The van der Waals surface area contributed by atoms with Crippen molar-refractivity contribution < 1.29 is 13.9 Å². The molecule has 1 unspecified atom stereocenters. The second-order valence-electron chi connectivity index (χ2n) is 12.3. The number of nitrogens with zero attached hydrogens (tertiary/aromatic N) is 5. The Morgan fingerprint density at radius 1 is 1.11 bits per heavy atom. The minimum Gasteiger partial charge on any atom is -0.451 e. The molecule has 9 nitrogen and oxygen atoms in total. The van der Waals surface area contributed by atoms with E-state index in [9.17, 15) is 9.59 Å². The van der Waals surface area contributed by atoms with Gasteiger partial charge in [-0.05, 0) is 68.2 Å². The molecule has 0 bridgehead atoms. The summed E-state index contributed by atoms with van der Waals surface area (Å²) in [7, 11) is 2.10. The third-order valence-electron chi connectivity index (χ3n) is 9.65. The number of rotatable bonds is 6. The Balaban J connectivity index is 0.00000338. The molecule has 0 saturated carbocycles. The van der Waals surface area contributed by atoms with Crippen molar-refractivity contribution in [3.63, 3.8) is 0 Å². The summed E-state index contributed by atoms with van der Waals surface area (Å²) in [5, 5.41) is 5.01. The number of amides is 1. The summed E-state index contributed by atoms with van der Waals surface area (Å²) in [6.07, 6.45) is 10.5. The molecule has 46 heavy (non-hydrogen) atoms. The number of hydrogen-bond donors (Lipinski definition) is 1. The van der Waals surface area contributed by atoms with Crippen molar-refractivity contribution in [2.75, 3.05) is 38.1 Å². The summed E-state index contributed by atoms with van der Waals surface area (Å²) in [4.78, 5) is 40.4. The van der Waals surface area contributed by atoms with E-state index in [2.05, 4.69) is 27.2 Å². The van der Waals surface area contributed by atoms with E-state index < -0.39 is 17.2 Å². The number of carbonyl (C=O) groups is 1. The van der Waals surface area contributed by atoms with Gasteiger partial charge in [0.05, 0.1) is 16.8 Å². The topological polar surface area (TPSA) is 92.6 Å². The van der Waals surface area contributed by atoms with Crippen molar-refractivity contribution in [3.05, 3.63) is 94.5 Å². The van der Waals surface area contributed by atoms with Crippen molar-refractivity contribution in [2.45, 2.75) is 45.1 Å². The minimum atomic E-state index is -0.563. The number of fused-ring (bicyclic) bond motifs is 3. The normalized spacial score (nSPS) is 18.8. The van der Waals surface area contributed by atoms with Crippen LogP contribution in [0, 0.1) is 5.82 Å². The highest BCUT2D eigenvalue weighted by Crippen LogP contribution is 2.48. The summed E-state index contributed by atoms with van der Waals surface area (Å²) in [6, 6.07) is 13.5. The van der Waals surface area contributed by atoms with E-state index in [1.54, 1.807) is 24.8 Å². The van der Waals surface area contributed by atoms with E-state index in [1.165, 1.54) is 6.07 Å². The van der Waals surface area contributed by atoms with Gasteiger partial charge in [0.25, 0.3) is 5.91 Å². The number of pyridine rings is 1. The van der Waals surface area contributed by atoms with Crippen molar-refractivity contribution in [2.24, 2.45) is 0 Å². The van der Waals surface area contributed by atoms with E-state index in [0.29, 0.717) is 48.3 Å². The number of ether oxygens (including phenoxy) is 1. The van der Waals surface area contributed by atoms with Crippen LogP contribution in [0.4, 0.5) is 10.1 Å². The van der Waals surface area contributed by atoms with Crippen LogP contribution >= 0.6 is 0 Å². The molecule has 1 amide bonds. The highest BCUT2D eigenvalue weighted by molar-refractivity contribution is 6.02. The molecule has 3 aliphatic rings. The molecule has 3 aliphatic heterocycles. The highest BCUT2D eigenvalue weighted by atomic mass is 19.1. The van der Waals surface area contributed by atoms with Crippen LogP contribution < -0.4 is 20.4 Å². The number of carbonyl (C=O) groups excluding carboxylic acids is 1. The predicted octanol–water partition coefficient (Wildman–Crippen LogP) is 6.02. The molecule has 5 heterocycles. The Bertz CT molecular complexity index is 2030. The number of likely N-dealkylation sites (tertiary alicyclic amines) is 1. The average Bonchev–Trinajstić information content (AvgIpc) is 3.71. The molecule has 2 saturated heterocycles. The zero-order valence-electron chi connectivity index (χ0n) is 25.0. The smallest absolute Gasteiger partial charge is 0.256 e. The summed E-state index contributed by atoms with van der Waals surface area (Å²) in [5.41, 5.74) is 1.76. The monoisotopic (exact) mass is 620 g/mol. The summed E-state index contributed by atoms with van der Waals surface area (Å²) < 4.78 is 24.6. The van der Waals surface area contributed by atoms with Crippen LogP contribution in [0.2, 0.25) is 0 Å². The van der Waals surface area contributed by atoms with Gasteiger partial charge >= 0.3 is 0 Å². The number of benzene rings is 3. The van der Waals surface area contributed by atoms with Crippen molar-refractivity contribution in [3.8, 4) is 17.2 Å². The average molecular weight is 621 g/mol. The van der Waals surface area contributed by atoms with Gasteiger partial charge < -0.3 is 24.4 Å². The molecular weight excluding hydrogens is 583 g/mol. The minimum absolute atomic E-state index is 0. The lowest BCUT2D eigenvalue weighted by Crippen LogP contribution is -2.34. The largest absolute Gasteiger partial charge is 0.451 e. The van der Waals surface area contributed by atoms with E-state index in [0.717, 1.165) is 48.7 Å². The second kappa shape index (κ2) is 11.8. The van der Waals surface area contributed by atoms with Crippen LogP contribution in [-0.4, -0.2) is 64.6 Å². The van der Waals surface area contributed by atoms with Crippen LogP contribution in [0.3, 0.4) is 0 Å². The van der Waals surface area contributed by atoms with Gasteiger partial charge in [0, 0.05) is 56.4 Å². The Kier molecular flexibility index (Phi) is 7.68. The number of hydrogen-bond acceptors (Lipinski definition) is 7. The Hall–Kier alpha value is -4.83. The Morgan fingerprint density at radius 2 is 1.93 bits per heavy atom. The fraction of sp³-hybridized carbons (Fsp3) is 0.333. The molecule has 0 radical (unpaired) electrons. The highest BCUT2D eigenvalue weighted by Gasteiger charge is 2.34. The molecule has 2 fully saturated rings. The first kappa shape index (κ1) is 29.9. The molecule has 10 heteroatoms. The van der Waals surface area contributed by atoms with Gasteiger partial charge in [-0.1, -0.05) is 31.7 Å². The van der Waals surface area contributed by atoms with Crippen molar-refractivity contribution >= 4 is 33.3 Å². The van der Waals surface area contributed by atoms with Crippen LogP contribution in [0.15, 0.2) is 72.0 Å². The van der Waals surface area contributed by atoms with E-state index in [4.69, 9.17) is 4.74 Å². The lowest BCUT2D eigenvalue weighted by molar-refractivity contribution is 0.0949. The zero-order valence-corrected chi connectivity index (χ0v) is 25.0.